The summed E-state index contributed by atoms with van der Waals surface area (Å²) in [5.74, 6) is 0. The fourth-order valence-electron chi connectivity index (χ4n) is 2.47. The van der Waals surface area contributed by atoms with Crippen LogP contribution in [0.3, 0.4) is 0 Å². The molecule has 0 heterocycles. The van der Waals surface area contributed by atoms with Crippen molar-refractivity contribution < 1.29 is 4.74 Å². The molecule has 1 atom stereocenters. The summed E-state index contributed by atoms with van der Waals surface area (Å²) in [6, 6.07) is 9.15. The summed E-state index contributed by atoms with van der Waals surface area (Å²) in [5.41, 5.74) is 2.39. The van der Waals surface area contributed by atoms with Gasteiger partial charge in [-0.15, -0.1) is 0 Å². The van der Waals surface area contributed by atoms with E-state index in [2.05, 4.69) is 48.7 Å². The van der Waals surface area contributed by atoms with Crippen molar-refractivity contribution in [1.82, 2.24) is 0 Å². The molecule has 0 aliphatic rings. The van der Waals surface area contributed by atoms with E-state index in [0.29, 0.717) is 6.04 Å². The van der Waals surface area contributed by atoms with Crippen molar-refractivity contribution in [3.8, 4) is 0 Å². The summed E-state index contributed by atoms with van der Waals surface area (Å²) in [6.07, 6.45) is 7.63. The van der Waals surface area contributed by atoms with E-state index in [1.54, 1.807) is 0 Å². The fraction of sp³-hybridized carbons (Fsp3) is 0.684. The summed E-state index contributed by atoms with van der Waals surface area (Å²) in [5, 5.41) is 7.01. The zero-order valence-electron chi connectivity index (χ0n) is 14.7. The SMILES string of the molecule is CCCCCCC(C)Nc1ccc(NCCCOCC)cc1. The van der Waals surface area contributed by atoms with E-state index in [-0.39, 0.29) is 0 Å². The van der Waals surface area contributed by atoms with Gasteiger partial charge in [-0.1, -0.05) is 32.6 Å². The monoisotopic (exact) mass is 306 g/mol. The van der Waals surface area contributed by atoms with Gasteiger partial charge in [0.05, 0.1) is 0 Å². The number of unbranched alkanes of at least 4 members (excludes halogenated alkanes) is 3. The highest BCUT2D eigenvalue weighted by molar-refractivity contribution is 5.53. The lowest BCUT2D eigenvalue weighted by molar-refractivity contribution is 0.147. The van der Waals surface area contributed by atoms with Crippen LogP contribution in [0.1, 0.15) is 59.3 Å². The molecule has 0 saturated heterocycles. The van der Waals surface area contributed by atoms with Crippen molar-refractivity contribution in [2.75, 3.05) is 30.4 Å². The molecule has 3 heteroatoms. The lowest BCUT2D eigenvalue weighted by atomic mass is 10.1. The summed E-state index contributed by atoms with van der Waals surface area (Å²) < 4.78 is 5.33. The summed E-state index contributed by atoms with van der Waals surface area (Å²) >= 11 is 0. The molecule has 0 spiro atoms. The highest BCUT2D eigenvalue weighted by Crippen LogP contribution is 2.16. The van der Waals surface area contributed by atoms with Crippen LogP contribution in [0.2, 0.25) is 0 Å². The Labute approximate surface area is 136 Å². The molecule has 2 N–H and O–H groups in total. The lowest BCUT2D eigenvalue weighted by Gasteiger charge is -2.15. The number of hydrogen-bond acceptors (Lipinski definition) is 3. The minimum absolute atomic E-state index is 0.543. The second kappa shape index (κ2) is 12.3. The van der Waals surface area contributed by atoms with Gasteiger partial charge in [-0.2, -0.15) is 0 Å². The first kappa shape index (κ1) is 18.8. The Kier molecular flexibility index (Phi) is 10.6. The molecule has 126 valence electrons. The molecule has 0 aliphatic heterocycles. The highest BCUT2D eigenvalue weighted by atomic mass is 16.5. The third-order valence-electron chi connectivity index (χ3n) is 3.79. The second-order valence-corrected chi connectivity index (χ2v) is 5.95. The van der Waals surface area contributed by atoms with Crippen LogP contribution in [0.4, 0.5) is 11.4 Å². The van der Waals surface area contributed by atoms with Gasteiger partial charge in [0.1, 0.15) is 0 Å². The summed E-state index contributed by atoms with van der Waals surface area (Å²) in [6.45, 7) is 9.15. The van der Waals surface area contributed by atoms with E-state index in [1.165, 1.54) is 43.5 Å². The number of nitrogens with one attached hydrogen (secondary N) is 2. The van der Waals surface area contributed by atoms with Gasteiger partial charge < -0.3 is 15.4 Å². The Morgan fingerprint density at radius 3 is 2.36 bits per heavy atom. The Balaban J connectivity index is 2.20. The van der Waals surface area contributed by atoms with Gasteiger partial charge in [0, 0.05) is 37.2 Å². The minimum Gasteiger partial charge on any atom is -0.385 e. The summed E-state index contributed by atoms with van der Waals surface area (Å²) in [7, 11) is 0. The third kappa shape index (κ3) is 8.93. The number of hydrogen-bond donors (Lipinski definition) is 2. The average molecular weight is 306 g/mol. The van der Waals surface area contributed by atoms with Crippen molar-refractivity contribution in [1.29, 1.82) is 0 Å². The van der Waals surface area contributed by atoms with Crippen LogP contribution in [0.15, 0.2) is 24.3 Å². The Morgan fingerprint density at radius 2 is 1.68 bits per heavy atom. The van der Waals surface area contributed by atoms with Crippen molar-refractivity contribution in [2.24, 2.45) is 0 Å². The van der Waals surface area contributed by atoms with Crippen molar-refractivity contribution in [2.45, 2.75) is 65.3 Å². The van der Waals surface area contributed by atoms with Crippen LogP contribution in [0.5, 0.6) is 0 Å². The number of anilines is 2. The predicted octanol–water partition coefficient (Wildman–Crippen LogP) is 5.30. The van der Waals surface area contributed by atoms with Crippen molar-refractivity contribution in [3.05, 3.63) is 24.3 Å². The molecule has 3 nitrogen and oxygen atoms in total. The zero-order chi connectivity index (χ0) is 16.0. The van der Waals surface area contributed by atoms with Gasteiger partial charge in [-0.3, -0.25) is 0 Å². The molecule has 1 aromatic rings. The van der Waals surface area contributed by atoms with E-state index < -0.39 is 0 Å². The average Bonchev–Trinajstić information content (AvgIpc) is 2.53. The molecule has 0 aliphatic carbocycles. The van der Waals surface area contributed by atoms with Gasteiger partial charge in [-0.05, 0) is 51.0 Å². The maximum atomic E-state index is 5.33. The molecular formula is C19H34N2O. The zero-order valence-corrected chi connectivity index (χ0v) is 14.7. The first-order valence-corrected chi connectivity index (χ1v) is 8.94. The Morgan fingerprint density at radius 1 is 0.955 bits per heavy atom. The third-order valence-corrected chi connectivity index (χ3v) is 3.79. The van der Waals surface area contributed by atoms with Crippen LogP contribution < -0.4 is 10.6 Å². The van der Waals surface area contributed by atoms with E-state index >= 15 is 0 Å². The Hall–Kier alpha value is -1.22. The fourth-order valence-corrected chi connectivity index (χ4v) is 2.47. The van der Waals surface area contributed by atoms with Crippen molar-refractivity contribution >= 4 is 11.4 Å². The first-order chi connectivity index (χ1) is 10.8. The normalized spacial score (nSPS) is 12.1. The first-order valence-electron chi connectivity index (χ1n) is 8.94. The molecule has 0 saturated carbocycles. The van der Waals surface area contributed by atoms with Crippen LogP contribution in [-0.4, -0.2) is 25.8 Å². The topological polar surface area (TPSA) is 33.3 Å². The van der Waals surface area contributed by atoms with Crippen LogP contribution in [0, 0.1) is 0 Å². The minimum atomic E-state index is 0.543. The molecule has 0 bridgehead atoms. The standard InChI is InChI=1S/C19H34N2O/c1-4-6-7-8-10-17(3)21-19-13-11-18(12-14-19)20-15-9-16-22-5-2/h11-14,17,20-21H,4-10,15-16H2,1-3H3. The second-order valence-electron chi connectivity index (χ2n) is 5.95. The number of benzene rings is 1. The van der Waals surface area contributed by atoms with Gasteiger partial charge in [0.15, 0.2) is 0 Å². The van der Waals surface area contributed by atoms with Crippen molar-refractivity contribution in [3.63, 3.8) is 0 Å². The molecule has 0 radical (unpaired) electrons. The molecule has 0 amide bonds. The number of rotatable bonds is 13. The van der Waals surface area contributed by atoms with E-state index in [1.807, 2.05) is 6.92 Å². The maximum absolute atomic E-state index is 5.33. The number of ether oxygens (including phenoxy) is 1. The largest absolute Gasteiger partial charge is 0.385 e. The molecular weight excluding hydrogens is 272 g/mol. The van der Waals surface area contributed by atoms with Crippen LogP contribution in [-0.2, 0) is 4.74 Å². The summed E-state index contributed by atoms with van der Waals surface area (Å²) in [4.78, 5) is 0. The highest BCUT2D eigenvalue weighted by Gasteiger charge is 2.02. The maximum Gasteiger partial charge on any atom is 0.0482 e. The van der Waals surface area contributed by atoms with Gasteiger partial charge in [-0.25, -0.2) is 0 Å². The molecule has 1 unspecified atom stereocenters. The molecule has 1 rings (SSSR count). The van der Waals surface area contributed by atoms with Gasteiger partial charge in [0.25, 0.3) is 0 Å². The van der Waals surface area contributed by atoms with E-state index in [4.69, 9.17) is 4.74 Å². The molecule has 22 heavy (non-hydrogen) atoms. The molecule has 1 aromatic carbocycles. The quantitative estimate of drug-likeness (QED) is 0.485. The van der Waals surface area contributed by atoms with Crippen LogP contribution in [0.25, 0.3) is 0 Å². The lowest BCUT2D eigenvalue weighted by Crippen LogP contribution is -2.14. The van der Waals surface area contributed by atoms with Gasteiger partial charge in [0.2, 0.25) is 0 Å². The predicted molar refractivity (Wildman–Crippen MR) is 97.9 cm³/mol. The molecule has 0 fully saturated rings. The van der Waals surface area contributed by atoms with Gasteiger partial charge >= 0.3 is 0 Å². The smallest absolute Gasteiger partial charge is 0.0482 e. The van der Waals surface area contributed by atoms with Crippen LogP contribution >= 0.6 is 0 Å². The van der Waals surface area contributed by atoms with E-state index in [0.717, 1.165) is 26.2 Å². The van der Waals surface area contributed by atoms with E-state index in [9.17, 15) is 0 Å². The Bertz CT molecular complexity index is 364. The molecule has 0 aromatic heterocycles.